The zero-order chi connectivity index (χ0) is 19.2. The van der Waals surface area contributed by atoms with Gasteiger partial charge in [0.2, 0.25) is 11.8 Å². The highest BCUT2D eigenvalue weighted by molar-refractivity contribution is 5.81. The fourth-order valence-electron chi connectivity index (χ4n) is 3.72. The molecule has 3 rings (SSSR count). The molecule has 0 unspecified atom stereocenters. The SMILES string of the molecule is Cc1cc(C)nc(CNC(=O)C[C@H]2COCCN2C(=O)CN2CCCC2)n1. The molecule has 27 heavy (non-hydrogen) atoms. The Morgan fingerprint density at radius 1 is 1.19 bits per heavy atom. The third-order valence-electron chi connectivity index (χ3n) is 5.00. The van der Waals surface area contributed by atoms with Gasteiger partial charge >= 0.3 is 0 Å². The van der Waals surface area contributed by atoms with E-state index in [0.29, 0.717) is 32.1 Å². The monoisotopic (exact) mass is 375 g/mol. The first-order valence-corrected chi connectivity index (χ1v) is 9.68. The van der Waals surface area contributed by atoms with Crippen molar-refractivity contribution in [3.05, 3.63) is 23.3 Å². The molecule has 2 aliphatic rings. The number of aryl methyl sites for hydroxylation is 2. The van der Waals surface area contributed by atoms with Crippen molar-refractivity contribution in [1.82, 2.24) is 25.1 Å². The van der Waals surface area contributed by atoms with Gasteiger partial charge in [-0.05, 0) is 45.8 Å². The Morgan fingerprint density at radius 3 is 2.59 bits per heavy atom. The Kier molecular flexibility index (Phi) is 6.73. The van der Waals surface area contributed by atoms with Crippen LogP contribution < -0.4 is 5.32 Å². The number of morpholine rings is 1. The first-order valence-electron chi connectivity index (χ1n) is 9.68. The van der Waals surface area contributed by atoms with Crippen LogP contribution in [-0.2, 0) is 20.9 Å². The van der Waals surface area contributed by atoms with E-state index in [4.69, 9.17) is 4.74 Å². The highest BCUT2D eigenvalue weighted by atomic mass is 16.5. The molecular formula is C19H29N5O3. The van der Waals surface area contributed by atoms with Crippen molar-refractivity contribution in [1.29, 1.82) is 0 Å². The number of carbonyl (C=O) groups is 2. The Hall–Kier alpha value is -2.06. The summed E-state index contributed by atoms with van der Waals surface area (Å²) in [5, 5.41) is 2.87. The predicted octanol–water partition coefficient (Wildman–Crippen LogP) is 0.423. The second-order valence-electron chi connectivity index (χ2n) is 7.35. The molecule has 2 saturated heterocycles. The van der Waals surface area contributed by atoms with Crippen LogP contribution in [0.1, 0.15) is 36.5 Å². The lowest BCUT2D eigenvalue weighted by Crippen LogP contribution is -2.53. The van der Waals surface area contributed by atoms with Crippen molar-refractivity contribution in [2.75, 3.05) is 39.4 Å². The first kappa shape index (κ1) is 19.7. The molecule has 1 atom stereocenters. The summed E-state index contributed by atoms with van der Waals surface area (Å²) in [5.41, 5.74) is 1.76. The van der Waals surface area contributed by atoms with Crippen LogP contribution in [0.15, 0.2) is 6.07 Å². The fraction of sp³-hybridized carbons (Fsp3) is 0.684. The minimum absolute atomic E-state index is 0.0932. The van der Waals surface area contributed by atoms with Crippen LogP contribution in [0.3, 0.4) is 0 Å². The highest BCUT2D eigenvalue weighted by Crippen LogP contribution is 2.14. The van der Waals surface area contributed by atoms with Crippen molar-refractivity contribution in [3.8, 4) is 0 Å². The Labute approximate surface area is 160 Å². The summed E-state index contributed by atoms with van der Waals surface area (Å²) in [6.45, 7) is 7.98. The van der Waals surface area contributed by atoms with Crippen molar-refractivity contribution in [3.63, 3.8) is 0 Å². The van der Waals surface area contributed by atoms with Gasteiger partial charge in [-0.15, -0.1) is 0 Å². The maximum absolute atomic E-state index is 12.7. The molecule has 0 aliphatic carbocycles. The molecule has 0 bridgehead atoms. The number of carbonyl (C=O) groups excluding carboxylic acids is 2. The third kappa shape index (κ3) is 5.71. The second kappa shape index (κ2) is 9.23. The number of amides is 2. The minimum Gasteiger partial charge on any atom is -0.377 e. The van der Waals surface area contributed by atoms with Crippen LogP contribution in [0.4, 0.5) is 0 Å². The van der Waals surface area contributed by atoms with Crippen molar-refractivity contribution in [2.24, 2.45) is 0 Å². The summed E-state index contributed by atoms with van der Waals surface area (Å²) in [7, 11) is 0. The quantitative estimate of drug-likeness (QED) is 0.776. The number of aromatic nitrogens is 2. The zero-order valence-electron chi connectivity index (χ0n) is 16.2. The molecule has 8 nitrogen and oxygen atoms in total. The smallest absolute Gasteiger partial charge is 0.237 e. The normalized spacial score (nSPS) is 20.7. The number of likely N-dealkylation sites (tertiary alicyclic amines) is 1. The van der Waals surface area contributed by atoms with Crippen LogP contribution in [0.25, 0.3) is 0 Å². The number of ether oxygens (including phenoxy) is 1. The summed E-state index contributed by atoms with van der Waals surface area (Å²) in [6.07, 6.45) is 2.54. The number of nitrogens with zero attached hydrogens (tertiary/aromatic N) is 4. The standard InChI is InChI=1S/C19H29N5O3/c1-14-9-15(2)22-17(21-14)11-20-18(25)10-16-13-27-8-7-24(16)19(26)12-23-5-3-4-6-23/h9,16H,3-8,10-13H2,1-2H3,(H,20,25)/t16-/m0/s1. The molecule has 1 aromatic heterocycles. The molecule has 0 aromatic carbocycles. The molecule has 2 amide bonds. The number of hydrogen-bond donors (Lipinski definition) is 1. The number of rotatable bonds is 6. The maximum atomic E-state index is 12.7. The fourth-order valence-corrected chi connectivity index (χ4v) is 3.72. The lowest BCUT2D eigenvalue weighted by atomic mass is 10.1. The Balaban J connectivity index is 1.51. The van der Waals surface area contributed by atoms with E-state index in [1.165, 1.54) is 0 Å². The van der Waals surface area contributed by atoms with Crippen LogP contribution in [0, 0.1) is 13.8 Å². The molecule has 0 radical (unpaired) electrons. The Bertz CT molecular complexity index is 655. The van der Waals surface area contributed by atoms with Crippen LogP contribution in [0.2, 0.25) is 0 Å². The third-order valence-corrected chi connectivity index (χ3v) is 5.00. The van der Waals surface area contributed by atoms with Crippen LogP contribution in [-0.4, -0.2) is 77.0 Å². The maximum Gasteiger partial charge on any atom is 0.237 e. The molecule has 2 fully saturated rings. The largest absolute Gasteiger partial charge is 0.377 e. The first-order chi connectivity index (χ1) is 13.0. The zero-order valence-corrected chi connectivity index (χ0v) is 16.2. The van der Waals surface area contributed by atoms with Gasteiger partial charge in [-0.3, -0.25) is 14.5 Å². The van der Waals surface area contributed by atoms with E-state index in [2.05, 4.69) is 20.2 Å². The highest BCUT2D eigenvalue weighted by Gasteiger charge is 2.30. The summed E-state index contributed by atoms with van der Waals surface area (Å²) < 4.78 is 5.52. The van der Waals surface area contributed by atoms with Crippen LogP contribution in [0.5, 0.6) is 0 Å². The number of nitrogens with one attached hydrogen (secondary N) is 1. The van der Waals surface area contributed by atoms with Gasteiger partial charge in [0, 0.05) is 24.4 Å². The van der Waals surface area contributed by atoms with E-state index in [9.17, 15) is 9.59 Å². The second-order valence-corrected chi connectivity index (χ2v) is 7.35. The summed E-state index contributed by atoms with van der Waals surface area (Å²) in [6, 6.07) is 1.68. The van der Waals surface area contributed by atoms with Gasteiger partial charge in [0.1, 0.15) is 5.82 Å². The van der Waals surface area contributed by atoms with Crippen molar-refractivity contribution < 1.29 is 14.3 Å². The topological polar surface area (TPSA) is 87.7 Å². The van der Waals surface area contributed by atoms with Gasteiger partial charge < -0.3 is 15.0 Å². The van der Waals surface area contributed by atoms with Crippen LogP contribution >= 0.6 is 0 Å². The molecule has 3 heterocycles. The van der Waals surface area contributed by atoms with Gasteiger partial charge in [0.15, 0.2) is 0 Å². The van der Waals surface area contributed by atoms with Gasteiger partial charge in [-0.1, -0.05) is 0 Å². The van der Waals surface area contributed by atoms with Gasteiger partial charge in [0.05, 0.1) is 32.3 Å². The van der Waals surface area contributed by atoms with E-state index in [1.807, 2.05) is 24.8 Å². The van der Waals surface area contributed by atoms with Gasteiger partial charge in [0.25, 0.3) is 0 Å². The molecule has 0 saturated carbocycles. The van der Waals surface area contributed by atoms with Crippen molar-refractivity contribution >= 4 is 11.8 Å². The van der Waals surface area contributed by atoms with E-state index >= 15 is 0 Å². The lowest BCUT2D eigenvalue weighted by molar-refractivity contribution is -0.142. The average Bonchev–Trinajstić information content (AvgIpc) is 3.12. The summed E-state index contributed by atoms with van der Waals surface area (Å²) in [4.78, 5) is 37.7. The molecule has 2 aliphatic heterocycles. The van der Waals surface area contributed by atoms with E-state index < -0.39 is 0 Å². The van der Waals surface area contributed by atoms with Crippen molar-refractivity contribution in [2.45, 2.75) is 45.7 Å². The van der Waals surface area contributed by atoms with Gasteiger partial charge in [-0.25, -0.2) is 9.97 Å². The average molecular weight is 375 g/mol. The summed E-state index contributed by atoms with van der Waals surface area (Å²) in [5.74, 6) is 0.575. The molecule has 1 N–H and O–H groups in total. The van der Waals surface area contributed by atoms with Gasteiger partial charge in [-0.2, -0.15) is 0 Å². The molecule has 1 aromatic rings. The van der Waals surface area contributed by atoms with E-state index in [0.717, 1.165) is 37.3 Å². The van der Waals surface area contributed by atoms with E-state index in [1.54, 1.807) is 0 Å². The predicted molar refractivity (Wildman–Crippen MR) is 100.0 cm³/mol. The number of hydrogen-bond acceptors (Lipinski definition) is 6. The Morgan fingerprint density at radius 2 is 1.89 bits per heavy atom. The molecule has 148 valence electrons. The van der Waals surface area contributed by atoms with E-state index in [-0.39, 0.29) is 30.8 Å². The molecular weight excluding hydrogens is 346 g/mol. The lowest BCUT2D eigenvalue weighted by Gasteiger charge is -2.36. The molecule has 8 heteroatoms. The molecule has 0 spiro atoms. The minimum atomic E-state index is -0.214. The summed E-state index contributed by atoms with van der Waals surface area (Å²) >= 11 is 0.